The Kier molecular flexibility index (Phi) is 7.46. The van der Waals surface area contributed by atoms with E-state index < -0.39 is 0 Å². The average molecular weight is 159 g/mol. The van der Waals surface area contributed by atoms with Crippen molar-refractivity contribution in [3.8, 4) is 0 Å². The molecule has 0 spiro atoms. The maximum atomic E-state index is 8.36. The highest BCUT2D eigenvalue weighted by Crippen LogP contribution is 1.80. The number of hydrogen-bond donors (Lipinski definition) is 2. The van der Waals surface area contributed by atoms with E-state index in [9.17, 15) is 0 Å². The van der Waals surface area contributed by atoms with E-state index in [0.29, 0.717) is 19.3 Å². The minimum Gasteiger partial charge on any atom is -0.394 e. The molecule has 0 aromatic rings. The summed E-state index contributed by atoms with van der Waals surface area (Å²) in [6.07, 6.45) is 1.84. The van der Waals surface area contributed by atoms with Crippen molar-refractivity contribution < 1.29 is 9.84 Å². The molecular formula is C8H17NO2. The maximum Gasteiger partial charge on any atom is 0.0698 e. The molecule has 0 aliphatic heterocycles. The van der Waals surface area contributed by atoms with Gasteiger partial charge in [-0.15, -0.1) is 6.58 Å². The third-order valence-electron chi connectivity index (χ3n) is 1.30. The van der Waals surface area contributed by atoms with Crippen molar-refractivity contribution in [2.45, 2.75) is 13.0 Å². The molecule has 0 bridgehead atoms. The molecule has 3 heteroatoms. The molecule has 0 aromatic heterocycles. The van der Waals surface area contributed by atoms with Crippen molar-refractivity contribution >= 4 is 0 Å². The zero-order valence-electron chi connectivity index (χ0n) is 7.05. The smallest absolute Gasteiger partial charge is 0.0698 e. The Labute approximate surface area is 68.1 Å². The zero-order valence-corrected chi connectivity index (χ0v) is 7.05. The molecule has 0 aliphatic carbocycles. The summed E-state index contributed by atoms with van der Waals surface area (Å²) in [5.41, 5.74) is 0. The molecule has 11 heavy (non-hydrogen) atoms. The van der Waals surface area contributed by atoms with Gasteiger partial charge in [-0.2, -0.15) is 0 Å². The van der Waals surface area contributed by atoms with Gasteiger partial charge in [-0.05, 0) is 6.92 Å². The Morgan fingerprint density at radius 1 is 1.64 bits per heavy atom. The lowest BCUT2D eigenvalue weighted by atomic mass is 10.3. The fourth-order valence-electron chi connectivity index (χ4n) is 0.609. The second-order valence-electron chi connectivity index (χ2n) is 2.31. The lowest BCUT2D eigenvalue weighted by Crippen LogP contribution is -2.27. The van der Waals surface area contributed by atoms with Crippen LogP contribution >= 0.6 is 0 Å². The second kappa shape index (κ2) is 7.72. The molecule has 3 nitrogen and oxygen atoms in total. The molecule has 0 aromatic carbocycles. The van der Waals surface area contributed by atoms with Crippen molar-refractivity contribution in [3.05, 3.63) is 12.7 Å². The second-order valence-corrected chi connectivity index (χ2v) is 2.31. The summed E-state index contributed by atoms with van der Waals surface area (Å²) in [4.78, 5) is 0. The predicted octanol–water partition coefficient (Wildman–Crippen LogP) is 0.159. The van der Waals surface area contributed by atoms with E-state index in [1.807, 2.05) is 13.0 Å². The minimum absolute atomic E-state index is 0.0943. The van der Waals surface area contributed by atoms with Crippen molar-refractivity contribution in [2.75, 3.05) is 26.4 Å². The van der Waals surface area contributed by atoms with Crippen LogP contribution in [0.4, 0.5) is 0 Å². The van der Waals surface area contributed by atoms with Crippen LogP contribution in [-0.4, -0.2) is 37.5 Å². The van der Waals surface area contributed by atoms with Gasteiger partial charge in [0.05, 0.1) is 19.8 Å². The van der Waals surface area contributed by atoms with Gasteiger partial charge in [0, 0.05) is 12.6 Å². The van der Waals surface area contributed by atoms with Gasteiger partial charge in [-0.25, -0.2) is 0 Å². The lowest BCUT2D eigenvalue weighted by molar-refractivity contribution is 0.0934. The molecule has 0 heterocycles. The monoisotopic (exact) mass is 159 g/mol. The maximum absolute atomic E-state index is 8.36. The summed E-state index contributed by atoms with van der Waals surface area (Å²) < 4.78 is 5.03. The first-order valence-corrected chi connectivity index (χ1v) is 3.85. The molecule has 1 unspecified atom stereocenters. The quantitative estimate of drug-likeness (QED) is 0.411. The van der Waals surface area contributed by atoms with Gasteiger partial charge in [0.1, 0.15) is 0 Å². The number of aliphatic hydroxyl groups is 1. The van der Waals surface area contributed by atoms with Crippen LogP contribution in [0.5, 0.6) is 0 Å². The Morgan fingerprint density at radius 3 is 2.91 bits per heavy atom. The van der Waals surface area contributed by atoms with Gasteiger partial charge < -0.3 is 15.2 Å². The molecule has 0 aliphatic rings. The molecule has 0 amide bonds. The normalized spacial score (nSPS) is 12.9. The van der Waals surface area contributed by atoms with E-state index in [1.54, 1.807) is 0 Å². The first-order valence-electron chi connectivity index (χ1n) is 3.85. The predicted molar refractivity (Wildman–Crippen MR) is 45.6 cm³/mol. The van der Waals surface area contributed by atoms with Crippen LogP contribution in [-0.2, 0) is 4.74 Å². The van der Waals surface area contributed by atoms with Gasteiger partial charge >= 0.3 is 0 Å². The lowest BCUT2D eigenvalue weighted by Gasteiger charge is -2.08. The van der Waals surface area contributed by atoms with Crippen LogP contribution in [0.1, 0.15) is 6.92 Å². The summed E-state index contributed by atoms with van der Waals surface area (Å²) >= 11 is 0. The summed E-state index contributed by atoms with van der Waals surface area (Å²) in [6.45, 7) is 7.61. The molecule has 0 radical (unpaired) electrons. The van der Waals surface area contributed by atoms with Gasteiger partial charge in [0.25, 0.3) is 0 Å². The summed E-state index contributed by atoms with van der Waals surface area (Å²) in [6, 6.07) is 0.327. The van der Waals surface area contributed by atoms with Gasteiger partial charge in [-0.1, -0.05) is 6.08 Å². The number of ether oxygens (including phenoxy) is 1. The van der Waals surface area contributed by atoms with Crippen LogP contribution in [0.3, 0.4) is 0 Å². The zero-order chi connectivity index (χ0) is 8.53. The fourth-order valence-corrected chi connectivity index (χ4v) is 0.609. The third-order valence-corrected chi connectivity index (χ3v) is 1.30. The summed E-state index contributed by atoms with van der Waals surface area (Å²) in [5, 5.41) is 11.5. The first kappa shape index (κ1) is 10.6. The Hall–Kier alpha value is -0.380. The molecule has 0 saturated carbocycles. The van der Waals surface area contributed by atoms with Crippen LogP contribution in [0, 0.1) is 0 Å². The van der Waals surface area contributed by atoms with Crippen LogP contribution in [0.25, 0.3) is 0 Å². The van der Waals surface area contributed by atoms with E-state index in [2.05, 4.69) is 11.9 Å². The number of rotatable bonds is 7. The summed E-state index contributed by atoms with van der Waals surface area (Å²) in [5.74, 6) is 0. The molecule has 66 valence electrons. The molecule has 1 atom stereocenters. The van der Waals surface area contributed by atoms with E-state index >= 15 is 0 Å². The molecular weight excluding hydrogens is 142 g/mol. The third kappa shape index (κ3) is 7.52. The molecule has 0 rings (SSSR count). The van der Waals surface area contributed by atoms with Crippen molar-refractivity contribution in [2.24, 2.45) is 0 Å². The van der Waals surface area contributed by atoms with Crippen LogP contribution in [0.2, 0.25) is 0 Å². The molecule has 0 saturated heterocycles. The standard InChI is InChI=1S/C8H17NO2/c1-3-8(2)9-4-6-11-7-5-10/h3,8-10H,1,4-7H2,2H3. The number of nitrogens with one attached hydrogen (secondary N) is 1. The van der Waals surface area contributed by atoms with Gasteiger partial charge in [0.15, 0.2) is 0 Å². The van der Waals surface area contributed by atoms with E-state index in [1.165, 1.54) is 0 Å². The van der Waals surface area contributed by atoms with Gasteiger partial charge in [-0.3, -0.25) is 0 Å². The van der Waals surface area contributed by atoms with E-state index in [4.69, 9.17) is 9.84 Å². The largest absolute Gasteiger partial charge is 0.394 e. The summed E-state index contributed by atoms with van der Waals surface area (Å²) in [7, 11) is 0. The van der Waals surface area contributed by atoms with Crippen molar-refractivity contribution in [3.63, 3.8) is 0 Å². The first-order chi connectivity index (χ1) is 5.31. The number of aliphatic hydroxyl groups excluding tert-OH is 1. The Balaban J connectivity index is 2.95. The highest BCUT2D eigenvalue weighted by Gasteiger charge is 1.92. The fraction of sp³-hybridized carbons (Fsp3) is 0.750. The van der Waals surface area contributed by atoms with Crippen molar-refractivity contribution in [1.29, 1.82) is 0 Å². The van der Waals surface area contributed by atoms with Crippen LogP contribution in [0.15, 0.2) is 12.7 Å². The van der Waals surface area contributed by atoms with E-state index in [0.717, 1.165) is 6.54 Å². The highest BCUT2D eigenvalue weighted by atomic mass is 16.5. The van der Waals surface area contributed by atoms with Crippen molar-refractivity contribution in [1.82, 2.24) is 5.32 Å². The molecule has 2 N–H and O–H groups in total. The number of hydrogen-bond acceptors (Lipinski definition) is 3. The van der Waals surface area contributed by atoms with E-state index in [-0.39, 0.29) is 6.61 Å². The van der Waals surface area contributed by atoms with Gasteiger partial charge in [0.2, 0.25) is 0 Å². The average Bonchev–Trinajstić information content (AvgIpc) is 2.04. The highest BCUT2D eigenvalue weighted by molar-refractivity contribution is 4.80. The van der Waals surface area contributed by atoms with Crippen LogP contribution < -0.4 is 5.32 Å². The minimum atomic E-state index is 0.0943. The molecule has 0 fully saturated rings. The Bertz CT molecular complexity index is 96.1. The SMILES string of the molecule is C=CC(C)NCCOCCO. The Morgan fingerprint density at radius 2 is 2.36 bits per heavy atom. The topological polar surface area (TPSA) is 41.5 Å².